The van der Waals surface area contributed by atoms with E-state index in [1.165, 1.54) is 19.3 Å². The SMILES string of the molecule is CCC1CCN(c2cc(OC)ccc2C#N)CC1. The zero-order chi connectivity index (χ0) is 13.0. The number of ether oxygens (including phenoxy) is 1. The van der Waals surface area contributed by atoms with Crippen LogP contribution in [0.4, 0.5) is 5.69 Å². The third kappa shape index (κ3) is 2.59. The second-order valence-electron chi connectivity index (χ2n) is 4.83. The Hall–Kier alpha value is -1.69. The fourth-order valence-electron chi connectivity index (χ4n) is 2.58. The van der Waals surface area contributed by atoms with Gasteiger partial charge in [0.05, 0.1) is 18.4 Å². The van der Waals surface area contributed by atoms with Crippen LogP contribution in [-0.4, -0.2) is 20.2 Å². The van der Waals surface area contributed by atoms with Gasteiger partial charge in [0.2, 0.25) is 0 Å². The van der Waals surface area contributed by atoms with Crippen molar-refractivity contribution in [1.82, 2.24) is 0 Å². The summed E-state index contributed by atoms with van der Waals surface area (Å²) < 4.78 is 5.25. The van der Waals surface area contributed by atoms with Gasteiger partial charge in [-0.2, -0.15) is 5.26 Å². The Balaban J connectivity index is 2.20. The number of rotatable bonds is 3. The molecule has 1 aromatic rings. The van der Waals surface area contributed by atoms with Crippen LogP contribution in [0.25, 0.3) is 0 Å². The molecule has 1 fully saturated rings. The number of hydrogen-bond acceptors (Lipinski definition) is 3. The maximum absolute atomic E-state index is 9.19. The van der Waals surface area contributed by atoms with Crippen LogP contribution in [0.1, 0.15) is 31.7 Å². The second-order valence-corrected chi connectivity index (χ2v) is 4.83. The summed E-state index contributed by atoms with van der Waals surface area (Å²) >= 11 is 0. The van der Waals surface area contributed by atoms with E-state index >= 15 is 0 Å². The topological polar surface area (TPSA) is 36.3 Å². The van der Waals surface area contributed by atoms with Crippen LogP contribution in [-0.2, 0) is 0 Å². The molecule has 1 saturated heterocycles. The molecule has 0 spiro atoms. The maximum Gasteiger partial charge on any atom is 0.121 e. The molecule has 0 saturated carbocycles. The van der Waals surface area contributed by atoms with E-state index in [9.17, 15) is 5.26 Å². The van der Waals surface area contributed by atoms with Gasteiger partial charge in [0.25, 0.3) is 0 Å². The highest BCUT2D eigenvalue weighted by molar-refractivity contribution is 5.62. The van der Waals surface area contributed by atoms with Crippen LogP contribution < -0.4 is 9.64 Å². The summed E-state index contributed by atoms with van der Waals surface area (Å²) in [6, 6.07) is 7.94. The van der Waals surface area contributed by atoms with Crippen molar-refractivity contribution in [3.63, 3.8) is 0 Å². The normalized spacial score (nSPS) is 16.4. The van der Waals surface area contributed by atoms with Gasteiger partial charge in [-0.25, -0.2) is 0 Å². The molecule has 1 heterocycles. The van der Waals surface area contributed by atoms with Gasteiger partial charge < -0.3 is 9.64 Å². The molecule has 1 aliphatic heterocycles. The minimum absolute atomic E-state index is 0.741. The van der Waals surface area contributed by atoms with Gasteiger partial charge >= 0.3 is 0 Å². The summed E-state index contributed by atoms with van der Waals surface area (Å²) in [5.74, 6) is 1.67. The maximum atomic E-state index is 9.19. The lowest BCUT2D eigenvalue weighted by molar-refractivity contribution is 0.393. The van der Waals surface area contributed by atoms with E-state index in [0.717, 1.165) is 36.0 Å². The summed E-state index contributed by atoms with van der Waals surface area (Å²) in [4.78, 5) is 2.31. The summed E-state index contributed by atoms with van der Waals surface area (Å²) in [7, 11) is 1.66. The molecule has 0 aromatic heterocycles. The molecule has 2 rings (SSSR count). The third-order valence-electron chi connectivity index (χ3n) is 3.86. The Morgan fingerprint density at radius 1 is 1.39 bits per heavy atom. The molecule has 0 N–H and O–H groups in total. The summed E-state index contributed by atoms with van der Waals surface area (Å²) in [5, 5.41) is 9.19. The molecule has 18 heavy (non-hydrogen) atoms. The van der Waals surface area contributed by atoms with Crippen LogP contribution in [0.3, 0.4) is 0 Å². The standard InChI is InChI=1S/C15H20N2O/c1-3-12-6-8-17(9-7-12)15-10-14(18-2)5-4-13(15)11-16/h4-5,10,12H,3,6-9H2,1-2H3. The van der Waals surface area contributed by atoms with E-state index in [2.05, 4.69) is 17.9 Å². The molecule has 0 aliphatic carbocycles. The first-order valence-corrected chi connectivity index (χ1v) is 6.61. The van der Waals surface area contributed by atoms with Crippen molar-refractivity contribution in [3.05, 3.63) is 23.8 Å². The summed E-state index contributed by atoms with van der Waals surface area (Å²) in [6.45, 7) is 4.34. The molecule has 0 unspecified atom stereocenters. The minimum Gasteiger partial charge on any atom is -0.497 e. The van der Waals surface area contributed by atoms with E-state index in [1.54, 1.807) is 7.11 Å². The van der Waals surface area contributed by atoms with E-state index in [0.29, 0.717) is 0 Å². The van der Waals surface area contributed by atoms with Gasteiger partial charge in [-0.05, 0) is 30.9 Å². The second kappa shape index (κ2) is 5.77. The van der Waals surface area contributed by atoms with E-state index < -0.39 is 0 Å². The van der Waals surface area contributed by atoms with Crippen LogP contribution in [0.15, 0.2) is 18.2 Å². The van der Waals surface area contributed by atoms with Gasteiger partial charge in [-0.15, -0.1) is 0 Å². The van der Waals surface area contributed by atoms with Crippen molar-refractivity contribution < 1.29 is 4.74 Å². The van der Waals surface area contributed by atoms with Crippen molar-refractivity contribution >= 4 is 5.69 Å². The monoisotopic (exact) mass is 244 g/mol. The molecule has 1 aromatic carbocycles. The number of methoxy groups -OCH3 is 1. The third-order valence-corrected chi connectivity index (χ3v) is 3.86. The lowest BCUT2D eigenvalue weighted by Gasteiger charge is -2.33. The summed E-state index contributed by atoms with van der Waals surface area (Å²) in [5.41, 5.74) is 1.76. The van der Waals surface area contributed by atoms with Crippen LogP contribution in [0.2, 0.25) is 0 Å². The highest BCUT2D eigenvalue weighted by Crippen LogP contribution is 2.30. The van der Waals surface area contributed by atoms with Crippen molar-refractivity contribution in [3.8, 4) is 11.8 Å². The van der Waals surface area contributed by atoms with Gasteiger partial charge in [0.1, 0.15) is 11.8 Å². The number of benzene rings is 1. The Morgan fingerprint density at radius 2 is 2.11 bits per heavy atom. The molecule has 0 radical (unpaired) electrons. The molecule has 3 nitrogen and oxygen atoms in total. The van der Waals surface area contributed by atoms with Crippen LogP contribution >= 0.6 is 0 Å². The number of hydrogen-bond donors (Lipinski definition) is 0. The molecule has 0 atom stereocenters. The largest absolute Gasteiger partial charge is 0.497 e. The average molecular weight is 244 g/mol. The van der Waals surface area contributed by atoms with E-state index in [-0.39, 0.29) is 0 Å². The molecule has 0 bridgehead atoms. The van der Waals surface area contributed by atoms with E-state index in [4.69, 9.17) is 4.74 Å². The van der Waals surface area contributed by atoms with Gasteiger partial charge in [0.15, 0.2) is 0 Å². The fraction of sp³-hybridized carbons (Fsp3) is 0.533. The van der Waals surface area contributed by atoms with E-state index in [1.807, 2.05) is 18.2 Å². The number of nitriles is 1. The lowest BCUT2D eigenvalue weighted by Crippen LogP contribution is -2.33. The first kappa shape index (κ1) is 12.8. The van der Waals surface area contributed by atoms with Gasteiger partial charge in [-0.1, -0.05) is 13.3 Å². The first-order valence-electron chi connectivity index (χ1n) is 6.61. The smallest absolute Gasteiger partial charge is 0.121 e. The molecule has 96 valence electrons. The predicted molar refractivity (Wildman–Crippen MR) is 72.9 cm³/mol. The molecule has 0 amide bonds. The Labute approximate surface area is 109 Å². The van der Waals surface area contributed by atoms with Crippen molar-refractivity contribution in [1.29, 1.82) is 5.26 Å². The summed E-state index contributed by atoms with van der Waals surface area (Å²) in [6.07, 6.45) is 3.70. The average Bonchev–Trinajstić information content (AvgIpc) is 2.46. The van der Waals surface area contributed by atoms with Gasteiger partial charge in [-0.3, -0.25) is 0 Å². The first-order chi connectivity index (χ1) is 8.78. The number of nitrogens with zero attached hydrogens (tertiary/aromatic N) is 2. The Bertz CT molecular complexity index is 442. The van der Waals surface area contributed by atoms with Crippen LogP contribution in [0.5, 0.6) is 5.75 Å². The Kier molecular flexibility index (Phi) is 4.09. The zero-order valence-corrected chi connectivity index (χ0v) is 11.1. The molecule has 3 heteroatoms. The quantitative estimate of drug-likeness (QED) is 0.819. The molecule has 1 aliphatic rings. The highest BCUT2D eigenvalue weighted by Gasteiger charge is 2.20. The molecular weight excluding hydrogens is 224 g/mol. The number of anilines is 1. The van der Waals surface area contributed by atoms with Crippen molar-refractivity contribution in [2.24, 2.45) is 5.92 Å². The van der Waals surface area contributed by atoms with Crippen molar-refractivity contribution in [2.75, 3.05) is 25.1 Å². The van der Waals surface area contributed by atoms with Crippen molar-refractivity contribution in [2.45, 2.75) is 26.2 Å². The van der Waals surface area contributed by atoms with Gasteiger partial charge in [0, 0.05) is 19.2 Å². The minimum atomic E-state index is 0.741. The highest BCUT2D eigenvalue weighted by atomic mass is 16.5. The lowest BCUT2D eigenvalue weighted by atomic mass is 9.94. The predicted octanol–water partition coefficient (Wildman–Crippen LogP) is 3.19. The Morgan fingerprint density at radius 3 is 2.67 bits per heavy atom. The fourth-order valence-corrected chi connectivity index (χ4v) is 2.58. The van der Waals surface area contributed by atoms with Crippen LogP contribution in [0, 0.1) is 17.2 Å². The number of piperidine rings is 1. The zero-order valence-electron chi connectivity index (χ0n) is 11.1. The molecular formula is C15H20N2O.